The first-order valence-corrected chi connectivity index (χ1v) is 10.8. The van der Waals surface area contributed by atoms with Crippen molar-refractivity contribution >= 4 is 34.7 Å². The number of thiazole rings is 1. The van der Waals surface area contributed by atoms with Crippen LogP contribution in [0.2, 0.25) is 0 Å². The number of nitrogens with zero attached hydrogens (tertiary/aromatic N) is 1. The highest BCUT2D eigenvalue weighted by Crippen LogP contribution is 2.27. The van der Waals surface area contributed by atoms with Crippen molar-refractivity contribution < 1.29 is 13.9 Å². The normalized spacial score (nSPS) is 11.8. The molecular formula is C21H21FN2O2S2. The number of carbonyl (C=O) groups excluding carboxylic acids is 1. The number of ether oxygens (including phenoxy) is 1. The third-order valence-corrected chi connectivity index (χ3v) is 6.04. The molecule has 146 valence electrons. The van der Waals surface area contributed by atoms with Crippen LogP contribution in [0.25, 0.3) is 10.6 Å². The van der Waals surface area contributed by atoms with Crippen molar-refractivity contribution in [2.24, 2.45) is 0 Å². The lowest BCUT2D eigenvalue weighted by atomic mass is 10.2. The van der Waals surface area contributed by atoms with Gasteiger partial charge in [0, 0.05) is 22.4 Å². The van der Waals surface area contributed by atoms with E-state index in [9.17, 15) is 9.18 Å². The molecule has 0 aliphatic rings. The van der Waals surface area contributed by atoms with Crippen molar-refractivity contribution in [2.75, 3.05) is 11.9 Å². The van der Waals surface area contributed by atoms with Crippen molar-refractivity contribution in [3.63, 3.8) is 0 Å². The fraction of sp³-hybridized carbons (Fsp3) is 0.238. The smallest absolute Gasteiger partial charge is 0.237 e. The Bertz CT molecular complexity index is 911. The molecule has 7 heteroatoms. The van der Waals surface area contributed by atoms with Crippen LogP contribution in [0.15, 0.2) is 53.9 Å². The van der Waals surface area contributed by atoms with Gasteiger partial charge in [0.2, 0.25) is 5.91 Å². The Kier molecular flexibility index (Phi) is 7.06. The molecular weight excluding hydrogens is 395 g/mol. The summed E-state index contributed by atoms with van der Waals surface area (Å²) < 4.78 is 18.4. The summed E-state index contributed by atoms with van der Waals surface area (Å²) in [6.07, 6.45) is 0. The zero-order chi connectivity index (χ0) is 19.9. The topological polar surface area (TPSA) is 51.2 Å². The Morgan fingerprint density at radius 3 is 2.61 bits per heavy atom. The van der Waals surface area contributed by atoms with Gasteiger partial charge in [0.25, 0.3) is 0 Å². The Morgan fingerprint density at radius 2 is 1.93 bits per heavy atom. The second-order valence-electron chi connectivity index (χ2n) is 6.05. The Hall–Kier alpha value is -2.38. The quantitative estimate of drug-likeness (QED) is 0.519. The number of amides is 1. The molecule has 0 radical (unpaired) electrons. The second-order valence-corrected chi connectivity index (χ2v) is 8.24. The molecule has 4 nitrogen and oxygen atoms in total. The first-order chi connectivity index (χ1) is 13.5. The molecule has 0 fully saturated rings. The number of rotatable bonds is 8. The van der Waals surface area contributed by atoms with Crippen LogP contribution in [0.1, 0.15) is 19.5 Å². The first-order valence-electron chi connectivity index (χ1n) is 8.91. The lowest BCUT2D eigenvalue weighted by Crippen LogP contribution is -2.22. The molecule has 0 bridgehead atoms. The third kappa shape index (κ3) is 5.56. The van der Waals surface area contributed by atoms with Gasteiger partial charge < -0.3 is 10.1 Å². The Morgan fingerprint density at radius 1 is 1.21 bits per heavy atom. The van der Waals surface area contributed by atoms with Crippen LogP contribution in [0, 0.1) is 5.82 Å². The zero-order valence-corrected chi connectivity index (χ0v) is 17.3. The van der Waals surface area contributed by atoms with Crippen LogP contribution < -0.4 is 10.1 Å². The number of halogens is 1. The summed E-state index contributed by atoms with van der Waals surface area (Å²) in [6, 6.07) is 13.6. The maximum atomic E-state index is 13.0. The fourth-order valence-electron chi connectivity index (χ4n) is 2.43. The van der Waals surface area contributed by atoms with Crippen LogP contribution in [-0.2, 0) is 10.5 Å². The molecule has 28 heavy (non-hydrogen) atoms. The lowest BCUT2D eigenvalue weighted by molar-refractivity contribution is -0.115. The SMILES string of the molecule is CCOc1ccc(NC(=O)C(C)SCc2csc(-c3ccc(F)cc3)n2)cc1. The average Bonchev–Trinajstić information content (AvgIpc) is 3.17. The van der Waals surface area contributed by atoms with E-state index in [-0.39, 0.29) is 17.0 Å². The average molecular weight is 417 g/mol. The molecule has 0 saturated carbocycles. The van der Waals surface area contributed by atoms with Crippen LogP contribution in [0.4, 0.5) is 10.1 Å². The maximum absolute atomic E-state index is 13.0. The van der Waals surface area contributed by atoms with E-state index in [1.165, 1.54) is 35.2 Å². The highest BCUT2D eigenvalue weighted by molar-refractivity contribution is 7.99. The van der Waals surface area contributed by atoms with Crippen LogP contribution in [-0.4, -0.2) is 22.7 Å². The van der Waals surface area contributed by atoms with Gasteiger partial charge >= 0.3 is 0 Å². The maximum Gasteiger partial charge on any atom is 0.237 e. The van der Waals surface area contributed by atoms with Gasteiger partial charge in [-0.15, -0.1) is 23.1 Å². The van der Waals surface area contributed by atoms with E-state index in [2.05, 4.69) is 10.3 Å². The van der Waals surface area contributed by atoms with E-state index < -0.39 is 0 Å². The number of hydrogen-bond acceptors (Lipinski definition) is 5. The first kappa shape index (κ1) is 20.4. The van der Waals surface area contributed by atoms with Gasteiger partial charge in [0.1, 0.15) is 16.6 Å². The summed E-state index contributed by atoms with van der Waals surface area (Å²) in [5.41, 5.74) is 2.55. The van der Waals surface area contributed by atoms with E-state index in [1.807, 2.05) is 43.5 Å². The summed E-state index contributed by atoms with van der Waals surface area (Å²) in [5, 5.41) is 5.52. The van der Waals surface area contributed by atoms with E-state index in [0.29, 0.717) is 12.4 Å². The number of thioether (sulfide) groups is 1. The molecule has 2 aromatic carbocycles. The van der Waals surface area contributed by atoms with Gasteiger partial charge in [-0.3, -0.25) is 4.79 Å². The zero-order valence-electron chi connectivity index (χ0n) is 15.6. The summed E-state index contributed by atoms with van der Waals surface area (Å²) >= 11 is 3.04. The van der Waals surface area contributed by atoms with Crippen LogP contribution in [0.5, 0.6) is 5.75 Å². The second kappa shape index (κ2) is 9.71. The number of carbonyl (C=O) groups is 1. The molecule has 1 N–H and O–H groups in total. The minimum atomic E-state index is -0.261. The molecule has 0 spiro atoms. The standard InChI is InChI=1S/C21H21FN2O2S2/c1-3-26-19-10-8-17(9-11-19)23-20(25)14(2)27-12-18-13-28-21(24-18)15-4-6-16(22)7-5-15/h4-11,13-14H,3,12H2,1-2H3,(H,23,25). The van der Waals surface area contributed by atoms with Crippen molar-refractivity contribution in [3.05, 3.63) is 65.4 Å². The molecule has 1 heterocycles. The number of nitrogens with one attached hydrogen (secondary N) is 1. The summed E-state index contributed by atoms with van der Waals surface area (Å²) in [4.78, 5) is 17.0. The van der Waals surface area contributed by atoms with E-state index >= 15 is 0 Å². The third-order valence-electron chi connectivity index (χ3n) is 3.93. The van der Waals surface area contributed by atoms with Crippen LogP contribution >= 0.6 is 23.1 Å². The molecule has 1 amide bonds. The van der Waals surface area contributed by atoms with Crippen LogP contribution in [0.3, 0.4) is 0 Å². The summed E-state index contributed by atoms with van der Waals surface area (Å²) in [5.74, 6) is 1.10. The van der Waals surface area contributed by atoms with Gasteiger partial charge in [-0.1, -0.05) is 0 Å². The van der Waals surface area contributed by atoms with E-state index in [1.54, 1.807) is 12.1 Å². The molecule has 1 unspecified atom stereocenters. The van der Waals surface area contributed by atoms with E-state index in [4.69, 9.17) is 4.74 Å². The molecule has 3 aromatic rings. The van der Waals surface area contributed by atoms with Crippen molar-refractivity contribution in [1.82, 2.24) is 4.98 Å². The monoisotopic (exact) mass is 416 g/mol. The fourth-order valence-corrected chi connectivity index (χ4v) is 4.14. The molecule has 0 aliphatic carbocycles. The number of aromatic nitrogens is 1. The molecule has 1 aromatic heterocycles. The number of hydrogen-bond donors (Lipinski definition) is 1. The Balaban J connectivity index is 1.51. The van der Waals surface area contributed by atoms with Gasteiger partial charge in [-0.05, 0) is 62.4 Å². The highest BCUT2D eigenvalue weighted by Gasteiger charge is 2.15. The van der Waals surface area contributed by atoms with Gasteiger partial charge in [-0.2, -0.15) is 0 Å². The molecule has 3 rings (SSSR count). The van der Waals surface area contributed by atoms with Crippen molar-refractivity contribution in [2.45, 2.75) is 24.9 Å². The predicted molar refractivity (Wildman–Crippen MR) is 115 cm³/mol. The molecule has 0 aliphatic heterocycles. The van der Waals surface area contributed by atoms with Gasteiger partial charge in [0.15, 0.2) is 0 Å². The molecule has 1 atom stereocenters. The number of benzene rings is 2. The largest absolute Gasteiger partial charge is 0.494 e. The van der Waals surface area contributed by atoms with E-state index in [0.717, 1.165) is 27.7 Å². The van der Waals surface area contributed by atoms with Crippen molar-refractivity contribution in [3.8, 4) is 16.3 Å². The van der Waals surface area contributed by atoms with Crippen molar-refractivity contribution in [1.29, 1.82) is 0 Å². The minimum absolute atomic E-state index is 0.0526. The predicted octanol–water partition coefficient (Wildman–Crippen LogP) is 5.61. The summed E-state index contributed by atoms with van der Waals surface area (Å²) in [7, 11) is 0. The molecule has 0 saturated heterocycles. The number of anilines is 1. The lowest BCUT2D eigenvalue weighted by Gasteiger charge is -2.12. The highest BCUT2D eigenvalue weighted by atomic mass is 32.2. The minimum Gasteiger partial charge on any atom is -0.494 e. The Labute approximate surface area is 172 Å². The van der Waals surface area contributed by atoms with Gasteiger partial charge in [0.05, 0.1) is 17.6 Å². The summed E-state index contributed by atoms with van der Waals surface area (Å²) in [6.45, 7) is 4.42. The van der Waals surface area contributed by atoms with Gasteiger partial charge in [-0.25, -0.2) is 9.37 Å².